The first-order chi connectivity index (χ1) is 10.6. The third-order valence-corrected chi connectivity index (χ3v) is 4.68. The highest BCUT2D eigenvalue weighted by molar-refractivity contribution is 6.53. The van der Waals surface area contributed by atoms with Crippen LogP contribution in [0.15, 0.2) is 0 Å². The molecule has 2 aliphatic heterocycles. The lowest BCUT2D eigenvalue weighted by Crippen LogP contribution is -2.41. The summed E-state index contributed by atoms with van der Waals surface area (Å²) in [6.07, 6.45) is 4.37. The Morgan fingerprint density at radius 1 is 1.14 bits per heavy atom. The normalized spacial score (nSPS) is 18.5. The molecule has 1 saturated heterocycles. The van der Waals surface area contributed by atoms with Crippen LogP contribution in [0.3, 0.4) is 0 Å². The molecule has 2 aliphatic rings. The summed E-state index contributed by atoms with van der Waals surface area (Å²) in [5.74, 6) is 1.55. The highest BCUT2D eigenvalue weighted by Gasteiger charge is 2.29. The van der Waals surface area contributed by atoms with Gasteiger partial charge in [0, 0.05) is 31.6 Å². The summed E-state index contributed by atoms with van der Waals surface area (Å²) in [7, 11) is 0. The van der Waals surface area contributed by atoms with Crippen molar-refractivity contribution in [2.24, 2.45) is 0 Å². The number of piperidine rings is 1. The number of nitrogens with zero attached hydrogens (tertiary/aromatic N) is 4. The van der Waals surface area contributed by atoms with E-state index < -0.39 is 4.84 Å². The second-order valence-electron chi connectivity index (χ2n) is 5.88. The van der Waals surface area contributed by atoms with Crippen LogP contribution < -0.4 is 4.90 Å². The van der Waals surface area contributed by atoms with Crippen molar-refractivity contribution >= 4 is 34.9 Å². The summed E-state index contributed by atoms with van der Waals surface area (Å²) >= 11 is 11.5. The number of aromatic nitrogens is 2. The van der Waals surface area contributed by atoms with Crippen LogP contribution in [0.4, 0.5) is 5.82 Å². The molecule has 0 unspecified atom stereocenters. The van der Waals surface area contributed by atoms with E-state index >= 15 is 0 Å². The summed E-state index contributed by atoms with van der Waals surface area (Å²) in [4.78, 5) is 24.3. The Balaban J connectivity index is 1.92. The van der Waals surface area contributed by atoms with Crippen molar-refractivity contribution in [3.63, 3.8) is 0 Å². The summed E-state index contributed by atoms with van der Waals surface area (Å²) in [5, 5.41) is 0. The monoisotopic (exact) mass is 342 g/mol. The van der Waals surface area contributed by atoms with Gasteiger partial charge >= 0.3 is 0 Å². The molecule has 0 radical (unpaired) electrons. The van der Waals surface area contributed by atoms with Crippen molar-refractivity contribution < 1.29 is 4.79 Å². The van der Waals surface area contributed by atoms with Gasteiger partial charge in [0.2, 0.25) is 0 Å². The number of fused-ring (bicyclic) bond motifs is 1. The van der Waals surface area contributed by atoms with Crippen molar-refractivity contribution in [1.82, 2.24) is 14.9 Å². The van der Waals surface area contributed by atoms with E-state index in [2.05, 4.69) is 14.9 Å². The van der Waals surface area contributed by atoms with Crippen LogP contribution in [-0.2, 0) is 17.8 Å². The molecule has 7 heteroatoms. The van der Waals surface area contributed by atoms with Gasteiger partial charge in [-0.3, -0.25) is 4.79 Å². The van der Waals surface area contributed by atoms with Gasteiger partial charge in [-0.2, -0.15) is 0 Å². The first kappa shape index (κ1) is 15.8. The Labute approximate surface area is 140 Å². The predicted octanol–water partition coefficient (Wildman–Crippen LogP) is 2.46. The molecule has 3 rings (SSSR count). The van der Waals surface area contributed by atoms with Gasteiger partial charge in [0.15, 0.2) is 4.84 Å². The number of carbonyl (C=O) groups is 1. The van der Waals surface area contributed by atoms with Gasteiger partial charge in [-0.25, -0.2) is 9.97 Å². The van der Waals surface area contributed by atoms with E-state index in [9.17, 15) is 4.79 Å². The zero-order valence-electron chi connectivity index (χ0n) is 12.7. The van der Waals surface area contributed by atoms with Crippen LogP contribution in [0.1, 0.15) is 36.3 Å². The predicted molar refractivity (Wildman–Crippen MR) is 87.4 cm³/mol. The van der Waals surface area contributed by atoms with Crippen LogP contribution in [0.25, 0.3) is 0 Å². The Morgan fingerprint density at radius 2 is 1.86 bits per heavy atom. The van der Waals surface area contributed by atoms with Gasteiger partial charge in [-0.1, -0.05) is 23.2 Å². The van der Waals surface area contributed by atoms with Gasteiger partial charge in [-0.15, -0.1) is 0 Å². The first-order valence-electron chi connectivity index (χ1n) is 7.74. The minimum absolute atomic E-state index is 0.237. The fourth-order valence-corrected chi connectivity index (χ4v) is 3.49. The highest BCUT2D eigenvalue weighted by atomic mass is 35.5. The number of hydrogen-bond acceptors (Lipinski definition) is 4. The van der Waals surface area contributed by atoms with E-state index in [0.29, 0.717) is 13.1 Å². The molecule has 3 heterocycles. The van der Waals surface area contributed by atoms with Gasteiger partial charge in [0.05, 0.1) is 12.2 Å². The highest BCUT2D eigenvalue weighted by Crippen LogP contribution is 2.29. The zero-order chi connectivity index (χ0) is 15.7. The summed E-state index contributed by atoms with van der Waals surface area (Å²) in [6.45, 7) is 5.07. The maximum absolute atomic E-state index is 12.1. The van der Waals surface area contributed by atoms with Crippen molar-refractivity contribution in [1.29, 1.82) is 0 Å². The number of hydrogen-bond donors (Lipinski definition) is 0. The second kappa shape index (κ2) is 6.59. The topological polar surface area (TPSA) is 49.3 Å². The van der Waals surface area contributed by atoms with Crippen LogP contribution in [0.2, 0.25) is 0 Å². The Hall–Kier alpha value is -1.07. The summed E-state index contributed by atoms with van der Waals surface area (Å²) in [6, 6.07) is 0. The zero-order valence-corrected chi connectivity index (χ0v) is 14.2. The van der Waals surface area contributed by atoms with Crippen LogP contribution in [0.5, 0.6) is 0 Å². The standard InChI is InChI=1S/C15H20Cl2N4O/c1-10-18-12-5-8-21(15(22)13(16)17)9-11(12)14(19-10)20-6-3-2-4-7-20/h13H,2-9H2,1H3. The second-order valence-corrected chi connectivity index (χ2v) is 6.97. The maximum Gasteiger partial charge on any atom is 0.256 e. The van der Waals surface area contributed by atoms with Crippen LogP contribution in [0, 0.1) is 6.92 Å². The molecule has 0 aliphatic carbocycles. The number of halogens is 2. The molecule has 0 atom stereocenters. The molecule has 0 spiro atoms. The molecule has 0 saturated carbocycles. The summed E-state index contributed by atoms with van der Waals surface area (Å²) < 4.78 is 0. The lowest BCUT2D eigenvalue weighted by Gasteiger charge is -2.34. The van der Waals surface area contributed by atoms with E-state index in [1.807, 2.05) is 6.92 Å². The Bertz CT molecular complexity index is 573. The van der Waals surface area contributed by atoms with Crippen molar-refractivity contribution in [3.05, 3.63) is 17.1 Å². The molecule has 0 N–H and O–H groups in total. The number of amides is 1. The number of aryl methyl sites for hydroxylation is 1. The first-order valence-corrected chi connectivity index (χ1v) is 8.62. The average Bonchev–Trinajstić information content (AvgIpc) is 2.53. The molecule has 120 valence electrons. The summed E-state index contributed by atoms with van der Waals surface area (Å²) in [5.41, 5.74) is 2.11. The van der Waals surface area contributed by atoms with E-state index in [-0.39, 0.29) is 5.91 Å². The molecule has 1 aromatic rings. The Morgan fingerprint density at radius 3 is 2.55 bits per heavy atom. The molecule has 1 amide bonds. The number of alkyl halides is 2. The van der Waals surface area contributed by atoms with Crippen molar-refractivity contribution in [2.75, 3.05) is 24.5 Å². The number of rotatable bonds is 2. The largest absolute Gasteiger partial charge is 0.356 e. The van der Waals surface area contributed by atoms with E-state index in [1.165, 1.54) is 19.3 Å². The fraction of sp³-hybridized carbons (Fsp3) is 0.667. The number of anilines is 1. The molecule has 1 aromatic heterocycles. The van der Waals surface area contributed by atoms with Crippen LogP contribution in [-0.4, -0.2) is 45.2 Å². The van der Waals surface area contributed by atoms with E-state index in [1.54, 1.807) is 4.90 Å². The van der Waals surface area contributed by atoms with Gasteiger partial charge in [-0.05, 0) is 26.2 Å². The molecule has 0 bridgehead atoms. The molecular formula is C15H20Cl2N4O. The minimum Gasteiger partial charge on any atom is -0.356 e. The lowest BCUT2D eigenvalue weighted by molar-refractivity contribution is -0.130. The van der Waals surface area contributed by atoms with Gasteiger partial charge in [0.25, 0.3) is 5.91 Å². The quantitative estimate of drug-likeness (QED) is 0.774. The Kier molecular flexibility index (Phi) is 4.73. The molecular weight excluding hydrogens is 323 g/mol. The van der Waals surface area contributed by atoms with E-state index in [4.69, 9.17) is 23.2 Å². The lowest BCUT2D eigenvalue weighted by atomic mass is 10.0. The number of carbonyl (C=O) groups excluding carboxylic acids is 1. The molecule has 22 heavy (non-hydrogen) atoms. The average molecular weight is 343 g/mol. The fourth-order valence-electron chi connectivity index (χ4n) is 3.21. The van der Waals surface area contributed by atoms with Gasteiger partial charge in [0.1, 0.15) is 11.6 Å². The molecule has 5 nitrogen and oxygen atoms in total. The van der Waals surface area contributed by atoms with Crippen molar-refractivity contribution in [3.8, 4) is 0 Å². The molecule has 0 aromatic carbocycles. The van der Waals surface area contributed by atoms with E-state index in [0.717, 1.165) is 42.4 Å². The van der Waals surface area contributed by atoms with Gasteiger partial charge < -0.3 is 9.80 Å². The molecule has 1 fully saturated rings. The minimum atomic E-state index is -1.01. The van der Waals surface area contributed by atoms with Crippen molar-refractivity contribution in [2.45, 2.75) is 44.0 Å². The van der Waals surface area contributed by atoms with Crippen LogP contribution >= 0.6 is 23.2 Å². The maximum atomic E-state index is 12.1. The third-order valence-electron chi connectivity index (χ3n) is 4.30. The SMILES string of the molecule is Cc1nc2c(c(N3CCCCC3)n1)CN(C(=O)C(Cl)Cl)CC2. The smallest absolute Gasteiger partial charge is 0.256 e. The third kappa shape index (κ3) is 3.15.